The summed E-state index contributed by atoms with van der Waals surface area (Å²) in [6.45, 7) is 0. The third-order valence-corrected chi connectivity index (χ3v) is 4.48. The van der Waals surface area contributed by atoms with E-state index >= 15 is 0 Å². The maximum Gasteiger partial charge on any atom is 0.0532 e. The minimum absolute atomic E-state index is 0.390. The second kappa shape index (κ2) is 5.25. The van der Waals surface area contributed by atoms with E-state index in [1.54, 1.807) is 0 Å². The van der Waals surface area contributed by atoms with Crippen LogP contribution in [0.25, 0.3) is 0 Å². The summed E-state index contributed by atoms with van der Waals surface area (Å²) in [4.78, 5) is 1.39. The first-order valence-electron chi connectivity index (χ1n) is 6.07. The van der Waals surface area contributed by atoms with Gasteiger partial charge in [0, 0.05) is 21.4 Å². The molecule has 1 aliphatic rings. The van der Waals surface area contributed by atoms with Crippen molar-refractivity contribution < 1.29 is 0 Å². The smallest absolute Gasteiger partial charge is 0.0532 e. The minimum Gasteiger partial charge on any atom is -0.378 e. The zero-order valence-corrected chi connectivity index (χ0v) is 11.5. The van der Waals surface area contributed by atoms with Crippen molar-refractivity contribution >= 4 is 29.1 Å². The number of rotatable bonds is 2. The summed E-state index contributed by atoms with van der Waals surface area (Å²) in [5, 5.41) is 4.36. The van der Waals surface area contributed by atoms with Gasteiger partial charge in [0.25, 0.3) is 0 Å². The van der Waals surface area contributed by atoms with Gasteiger partial charge in [0.15, 0.2) is 0 Å². The fourth-order valence-corrected chi connectivity index (χ4v) is 3.59. The van der Waals surface area contributed by atoms with E-state index < -0.39 is 0 Å². The van der Waals surface area contributed by atoms with Crippen molar-refractivity contribution in [3.8, 4) is 0 Å². The number of halogens is 1. The fraction of sp³-hybridized carbons (Fsp3) is 0.200. The molecule has 3 rings (SSSR count). The Hall–Kier alpha value is -1.12. The van der Waals surface area contributed by atoms with Gasteiger partial charge in [-0.15, -0.1) is 11.8 Å². The average Bonchev–Trinajstić information content (AvgIpc) is 2.39. The Morgan fingerprint density at radius 3 is 2.89 bits per heavy atom. The van der Waals surface area contributed by atoms with Crippen LogP contribution in [-0.2, 0) is 0 Å². The van der Waals surface area contributed by atoms with Gasteiger partial charge >= 0.3 is 0 Å². The molecule has 1 heterocycles. The summed E-state index contributed by atoms with van der Waals surface area (Å²) in [5.74, 6) is 1.16. The van der Waals surface area contributed by atoms with Crippen LogP contribution in [0.2, 0.25) is 5.02 Å². The highest BCUT2D eigenvalue weighted by Crippen LogP contribution is 2.37. The maximum absolute atomic E-state index is 6.02. The third-order valence-electron chi connectivity index (χ3n) is 3.12. The van der Waals surface area contributed by atoms with Crippen molar-refractivity contribution in [2.45, 2.75) is 17.4 Å². The minimum atomic E-state index is 0.390. The van der Waals surface area contributed by atoms with Gasteiger partial charge in [0.05, 0.1) is 6.04 Å². The number of nitrogens with one attached hydrogen (secondary N) is 1. The van der Waals surface area contributed by atoms with Crippen molar-refractivity contribution in [1.82, 2.24) is 0 Å². The highest BCUT2D eigenvalue weighted by Gasteiger charge is 2.19. The highest BCUT2D eigenvalue weighted by atomic mass is 35.5. The molecular formula is C15H14ClNS. The van der Waals surface area contributed by atoms with Crippen LogP contribution in [0.15, 0.2) is 53.4 Å². The third kappa shape index (κ3) is 2.50. The molecule has 1 unspecified atom stereocenters. The maximum atomic E-state index is 6.02. The summed E-state index contributed by atoms with van der Waals surface area (Å²) < 4.78 is 0. The monoisotopic (exact) mass is 275 g/mol. The standard InChI is InChI=1S/C15H14ClNS/c16-11-4-3-5-12(10-11)17-14-8-9-18-15-7-2-1-6-13(14)15/h1-7,10,14,17H,8-9H2. The van der Waals surface area contributed by atoms with Gasteiger partial charge in [-0.3, -0.25) is 0 Å². The van der Waals surface area contributed by atoms with Crippen LogP contribution >= 0.6 is 23.4 Å². The predicted octanol–water partition coefficient (Wildman–Crippen LogP) is 4.99. The second-order valence-electron chi connectivity index (χ2n) is 4.38. The molecule has 3 heteroatoms. The first-order valence-corrected chi connectivity index (χ1v) is 7.43. The van der Waals surface area contributed by atoms with E-state index in [0.29, 0.717) is 6.04 Å². The van der Waals surface area contributed by atoms with Crippen LogP contribution in [0.4, 0.5) is 5.69 Å². The molecule has 1 aliphatic heterocycles. The first kappa shape index (κ1) is 11.9. The van der Waals surface area contributed by atoms with Gasteiger partial charge in [0.2, 0.25) is 0 Å². The summed E-state index contributed by atoms with van der Waals surface area (Å²) in [7, 11) is 0. The molecule has 1 nitrogen and oxygen atoms in total. The molecule has 0 radical (unpaired) electrons. The quantitative estimate of drug-likeness (QED) is 0.829. The Morgan fingerprint density at radius 1 is 1.11 bits per heavy atom. The highest BCUT2D eigenvalue weighted by molar-refractivity contribution is 7.99. The fourth-order valence-electron chi connectivity index (χ4n) is 2.27. The molecule has 1 N–H and O–H groups in total. The molecule has 2 aromatic rings. The lowest BCUT2D eigenvalue weighted by atomic mass is 10.0. The Balaban J connectivity index is 1.86. The van der Waals surface area contributed by atoms with Crippen LogP contribution in [0, 0.1) is 0 Å². The SMILES string of the molecule is Clc1cccc(NC2CCSc3ccccc32)c1. The van der Waals surface area contributed by atoms with E-state index in [1.807, 2.05) is 30.0 Å². The van der Waals surface area contributed by atoms with Crippen molar-refractivity contribution in [3.05, 3.63) is 59.1 Å². The van der Waals surface area contributed by atoms with Crippen molar-refractivity contribution in [2.24, 2.45) is 0 Å². The zero-order valence-electron chi connectivity index (χ0n) is 9.90. The summed E-state index contributed by atoms with van der Waals surface area (Å²) in [5.41, 5.74) is 2.49. The lowest BCUT2D eigenvalue weighted by Gasteiger charge is -2.26. The summed E-state index contributed by atoms with van der Waals surface area (Å²) in [6.07, 6.45) is 1.15. The molecule has 0 fully saturated rings. The van der Waals surface area contributed by atoms with Gasteiger partial charge in [-0.2, -0.15) is 0 Å². The van der Waals surface area contributed by atoms with E-state index in [1.165, 1.54) is 10.5 Å². The van der Waals surface area contributed by atoms with Gasteiger partial charge in [-0.1, -0.05) is 35.9 Å². The van der Waals surface area contributed by atoms with Gasteiger partial charge in [-0.05, 0) is 36.2 Å². The first-order chi connectivity index (χ1) is 8.83. The van der Waals surface area contributed by atoms with Crippen molar-refractivity contribution in [3.63, 3.8) is 0 Å². The molecule has 1 atom stereocenters. The lowest BCUT2D eigenvalue weighted by molar-refractivity contribution is 0.728. The zero-order chi connectivity index (χ0) is 12.4. The number of benzene rings is 2. The molecule has 2 aromatic carbocycles. The predicted molar refractivity (Wildman–Crippen MR) is 79.6 cm³/mol. The van der Waals surface area contributed by atoms with Crippen LogP contribution in [0.5, 0.6) is 0 Å². The van der Waals surface area contributed by atoms with E-state index in [0.717, 1.165) is 22.9 Å². The van der Waals surface area contributed by atoms with E-state index in [2.05, 4.69) is 35.6 Å². The van der Waals surface area contributed by atoms with E-state index in [9.17, 15) is 0 Å². The van der Waals surface area contributed by atoms with E-state index in [4.69, 9.17) is 11.6 Å². The molecule has 0 saturated carbocycles. The molecule has 0 saturated heterocycles. The Morgan fingerprint density at radius 2 is 2.00 bits per heavy atom. The van der Waals surface area contributed by atoms with Crippen LogP contribution < -0.4 is 5.32 Å². The van der Waals surface area contributed by atoms with Crippen LogP contribution in [0.1, 0.15) is 18.0 Å². The number of anilines is 1. The van der Waals surface area contributed by atoms with Gasteiger partial charge < -0.3 is 5.32 Å². The summed E-state index contributed by atoms with van der Waals surface area (Å²) >= 11 is 7.96. The van der Waals surface area contributed by atoms with Gasteiger partial charge in [-0.25, -0.2) is 0 Å². The number of hydrogen-bond donors (Lipinski definition) is 1. The largest absolute Gasteiger partial charge is 0.378 e. The Kier molecular flexibility index (Phi) is 3.48. The van der Waals surface area contributed by atoms with Crippen molar-refractivity contribution in [1.29, 1.82) is 0 Å². The van der Waals surface area contributed by atoms with Crippen LogP contribution in [0.3, 0.4) is 0 Å². The molecule has 0 spiro atoms. The van der Waals surface area contributed by atoms with E-state index in [-0.39, 0.29) is 0 Å². The number of thioether (sulfide) groups is 1. The summed E-state index contributed by atoms with van der Waals surface area (Å²) in [6, 6.07) is 16.9. The molecule has 0 aliphatic carbocycles. The topological polar surface area (TPSA) is 12.0 Å². The molecular weight excluding hydrogens is 262 g/mol. The average molecular weight is 276 g/mol. The molecule has 0 amide bonds. The van der Waals surface area contributed by atoms with Crippen molar-refractivity contribution in [2.75, 3.05) is 11.1 Å². The Labute approximate surface area is 117 Å². The van der Waals surface area contributed by atoms with Gasteiger partial charge in [0.1, 0.15) is 0 Å². The normalized spacial score (nSPS) is 18.2. The number of fused-ring (bicyclic) bond motifs is 1. The Bertz CT molecular complexity index is 556. The molecule has 0 aromatic heterocycles. The molecule has 0 bridgehead atoms. The number of hydrogen-bond acceptors (Lipinski definition) is 2. The molecule has 92 valence electrons. The second-order valence-corrected chi connectivity index (χ2v) is 5.96. The van der Waals surface area contributed by atoms with Crippen LogP contribution in [-0.4, -0.2) is 5.75 Å². The lowest BCUT2D eigenvalue weighted by Crippen LogP contribution is -2.15. The molecule has 18 heavy (non-hydrogen) atoms.